The van der Waals surface area contributed by atoms with Crippen LogP contribution in [0.15, 0.2) is 11.4 Å². The molecule has 1 aromatic rings. The number of nitrogens with one attached hydrogen (secondary N) is 1. The average Bonchev–Trinajstić information content (AvgIpc) is 2.84. The minimum absolute atomic E-state index is 0.0512. The maximum atomic E-state index is 11.9. The molecule has 104 valence electrons. The molecule has 0 aliphatic rings. The second kappa shape index (κ2) is 7.28. The van der Waals surface area contributed by atoms with Gasteiger partial charge in [0.25, 0.3) is 5.91 Å². The van der Waals surface area contributed by atoms with Crippen LogP contribution in [0.1, 0.15) is 22.2 Å². The highest BCUT2D eigenvalue weighted by molar-refractivity contribution is 7.91. The second-order valence-corrected chi connectivity index (χ2v) is 7.05. The zero-order valence-electron chi connectivity index (χ0n) is 10.6. The van der Waals surface area contributed by atoms with Crippen molar-refractivity contribution in [1.82, 2.24) is 5.32 Å². The summed E-state index contributed by atoms with van der Waals surface area (Å²) in [5.41, 5.74) is 5.89. The Kier molecular flexibility index (Phi) is 6.02. The molecule has 5 nitrogen and oxygen atoms in total. The summed E-state index contributed by atoms with van der Waals surface area (Å²) in [5.74, 6) is 5.22. The highest BCUT2D eigenvalue weighted by Crippen LogP contribution is 2.15. The van der Waals surface area contributed by atoms with Crippen LogP contribution in [0, 0.1) is 11.8 Å². The minimum atomic E-state index is -3.06. The smallest absolute Gasteiger partial charge is 0.262 e. The van der Waals surface area contributed by atoms with Crippen LogP contribution in [0.4, 0.5) is 0 Å². The summed E-state index contributed by atoms with van der Waals surface area (Å²) >= 11 is 1.27. The van der Waals surface area contributed by atoms with Crippen LogP contribution in [0.5, 0.6) is 0 Å². The Bertz CT molecular complexity index is 594. The summed E-state index contributed by atoms with van der Waals surface area (Å²) in [6, 6.07) is 1.74. The number of rotatable bonds is 5. The highest BCUT2D eigenvalue weighted by Gasteiger charge is 2.13. The minimum Gasteiger partial charge on any atom is -0.350 e. The number of carbonyl (C=O) groups excluding carboxylic acids is 1. The predicted octanol–water partition coefficient (Wildman–Crippen LogP) is 0.223. The van der Waals surface area contributed by atoms with Crippen LogP contribution < -0.4 is 11.1 Å². The number of hydrogen-bond acceptors (Lipinski definition) is 5. The van der Waals surface area contributed by atoms with Crippen LogP contribution in [-0.2, 0) is 9.84 Å². The van der Waals surface area contributed by atoms with E-state index in [0.29, 0.717) is 10.4 Å². The van der Waals surface area contributed by atoms with E-state index in [9.17, 15) is 13.2 Å². The Morgan fingerprint density at radius 1 is 1.53 bits per heavy atom. The lowest BCUT2D eigenvalue weighted by Gasteiger charge is -2.04. The van der Waals surface area contributed by atoms with E-state index >= 15 is 0 Å². The fourth-order valence-corrected chi connectivity index (χ4v) is 2.74. The standard InChI is InChI=1S/C12H16N2O3S2/c1-2-19(16,17)9-7-14-12(15)11-10(4-3-6-13)5-8-18-11/h5,8H,2,6-7,9,13H2,1H3,(H,14,15). The maximum Gasteiger partial charge on any atom is 0.262 e. The molecule has 7 heteroatoms. The number of carbonyl (C=O) groups is 1. The van der Waals surface area contributed by atoms with E-state index in [-0.39, 0.29) is 30.5 Å². The quantitative estimate of drug-likeness (QED) is 0.761. The summed E-state index contributed by atoms with van der Waals surface area (Å²) in [4.78, 5) is 12.4. The second-order valence-electron chi connectivity index (χ2n) is 3.66. The predicted molar refractivity (Wildman–Crippen MR) is 76.9 cm³/mol. The molecule has 0 saturated heterocycles. The van der Waals surface area contributed by atoms with Gasteiger partial charge in [0.1, 0.15) is 4.88 Å². The first-order valence-electron chi connectivity index (χ1n) is 5.75. The van der Waals surface area contributed by atoms with Gasteiger partial charge >= 0.3 is 0 Å². The Morgan fingerprint density at radius 3 is 2.89 bits per heavy atom. The van der Waals surface area contributed by atoms with Gasteiger partial charge in [0.05, 0.1) is 12.3 Å². The lowest BCUT2D eigenvalue weighted by Crippen LogP contribution is -2.29. The Balaban J connectivity index is 2.62. The number of sulfone groups is 1. The zero-order valence-corrected chi connectivity index (χ0v) is 12.2. The Morgan fingerprint density at radius 2 is 2.26 bits per heavy atom. The van der Waals surface area contributed by atoms with Crippen LogP contribution in [0.2, 0.25) is 0 Å². The van der Waals surface area contributed by atoms with Gasteiger partial charge in [-0.3, -0.25) is 4.79 Å². The molecule has 0 aliphatic heterocycles. The van der Waals surface area contributed by atoms with E-state index in [4.69, 9.17) is 5.73 Å². The lowest BCUT2D eigenvalue weighted by molar-refractivity contribution is 0.0960. The van der Waals surface area contributed by atoms with Crippen molar-refractivity contribution in [2.75, 3.05) is 24.6 Å². The van der Waals surface area contributed by atoms with Crippen LogP contribution in [-0.4, -0.2) is 38.9 Å². The van der Waals surface area contributed by atoms with Crippen molar-refractivity contribution < 1.29 is 13.2 Å². The molecular formula is C12H16N2O3S2. The summed E-state index contributed by atoms with van der Waals surface area (Å²) in [5, 5.41) is 4.35. The number of nitrogens with two attached hydrogens (primary N) is 1. The van der Waals surface area contributed by atoms with Crippen molar-refractivity contribution in [3.05, 3.63) is 21.9 Å². The van der Waals surface area contributed by atoms with E-state index in [0.717, 1.165) is 0 Å². The fourth-order valence-electron chi connectivity index (χ4n) is 1.27. The van der Waals surface area contributed by atoms with Crippen LogP contribution >= 0.6 is 11.3 Å². The van der Waals surface area contributed by atoms with Crippen LogP contribution in [0.25, 0.3) is 0 Å². The molecule has 3 N–H and O–H groups in total. The maximum absolute atomic E-state index is 11.9. The van der Waals surface area contributed by atoms with Crippen LogP contribution in [0.3, 0.4) is 0 Å². The summed E-state index contributed by atoms with van der Waals surface area (Å²) < 4.78 is 22.6. The van der Waals surface area contributed by atoms with E-state index in [1.807, 2.05) is 0 Å². The molecule has 19 heavy (non-hydrogen) atoms. The van der Waals surface area contributed by atoms with E-state index < -0.39 is 9.84 Å². The molecule has 0 atom stereocenters. The van der Waals surface area contributed by atoms with Crippen molar-refractivity contribution in [1.29, 1.82) is 0 Å². The van der Waals surface area contributed by atoms with Gasteiger partial charge in [-0.1, -0.05) is 18.8 Å². The number of thiophene rings is 1. The van der Waals surface area contributed by atoms with Gasteiger partial charge in [-0.25, -0.2) is 8.42 Å². The van der Waals surface area contributed by atoms with Gasteiger partial charge in [0.2, 0.25) is 0 Å². The lowest BCUT2D eigenvalue weighted by atomic mass is 10.2. The normalized spacial score (nSPS) is 10.6. The molecule has 1 aromatic heterocycles. The summed E-state index contributed by atoms with van der Waals surface area (Å²) in [6.07, 6.45) is 0. The van der Waals surface area contributed by atoms with Gasteiger partial charge in [-0.15, -0.1) is 11.3 Å². The van der Waals surface area contributed by atoms with Crippen molar-refractivity contribution >= 4 is 27.1 Å². The third kappa shape index (κ3) is 5.03. The Hall–Kier alpha value is -1.36. The molecule has 1 rings (SSSR count). The molecule has 0 aromatic carbocycles. The molecule has 0 bridgehead atoms. The van der Waals surface area contributed by atoms with Crippen molar-refractivity contribution in [2.24, 2.45) is 5.73 Å². The van der Waals surface area contributed by atoms with Crippen molar-refractivity contribution in [3.63, 3.8) is 0 Å². The SMILES string of the molecule is CCS(=O)(=O)CCNC(=O)c1sccc1C#CCN. The number of amides is 1. The molecule has 0 aliphatic carbocycles. The molecule has 0 unspecified atom stereocenters. The van der Waals surface area contributed by atoms with Crippen molar-refractivity contribution in [3.8, 4) is 11.8 Å². The van der Waals surface area contributed by atoms with Gasteiger partial charge in [0, 0.05) is 17.9 Å². The first-order chi connectivity index (χ1) is 9.00. The van der Waals surface area contributed by atoms with E-state index in [1.165, 1.54) is 11.3 Å². The monoisotopic (exact) mass is 300 g/mol. The Labute approximate surface area is 117 Å². The van der Waals surface area contributed by atoms with Gasteiger partial charge in [-0.05, 0) is 11.4 Å². The third-order valence-electron chi connectivity index (χ3n) is 2.34. The van der Waals surface area contributed by atoms with Gasteiger partial charge in [0.15, 0.2) is 9.84 Å². The third-order valence-corrected chi connectivity index (χ3v) is 4.95. The fraction of sp³-hybridized carbons (Fsp3) is 0.417. The molecule has 0 spiro atoms. The first-order valence-corrected chi connectivity index (χ1v) is 8.45. The van der Waals surface area contributed by atoms with Crippen molar-refractivity contribution in [2.45, 2.75) is 6.92 Å². The van der Waals surface area contributed by atoms with E-state index in [2.05, 4.69) is 17.2 Å². The topological polar surface area (TPSA) is 89.3 Å². The average molecular weight is 300 g/mol. The molecule has 1 amide bonds. The van der Waals surface area contributed by atoms with E-state index in [1.54, 1.807) is 18.4 Å². The highest BCUT2D eigenvalue weighted by atomic mass is 32.2. The van der Waals surface area contributed by atoms with Gasteiger partial charge < -0.3 is 11.1 Å². The molecular weight excluding hydrogens is 284 g/mol. The molecule has 0 saturated carbocycles. The molecule has 0 radical (unpaired) electrons. The zero-order chi connectivity index (χ0) is 14.3. The number of hydrogen-bond donors (Lipinski definition) is 2. The molecule has 1 heterocycles. The summed E-state index contributed by atoms with van der Waals surface area (Å²) in [6.45, 7) is 1.92. The largest absolute Gasteiger partial charge is 0.350 e. The molecule has 0 fully saturated rings. The first kappa shape index (κ1) is 15.7. The van der Waals surface area contributed by atoms with Gasteiger partial charge in [-0.2, -0.15) is 0 Å². The summed E-state index contributed by atoms with van der Waals surface area (Å²) in [7, 11) is -3.06.